The summed E-state index contributed by atoms with van der Waals surface area (Å²) in [4.78, 5) is 25.6. The number of amides is 1. The first-order valence-corrected chi connectivity index (χ1v) is 9.01. The second kappa shape index (κ2) is 5.93. The minimum Gasteiger partial charge on any atom is -0.342 e. The molecule has 1 aliphatic rings. The van der Waals surface area contributed by atoms with Crippen LogP contribution in [0.4, 0.5) is 0 Å². The van der Waals surface area contributed by atoms with Crippen LogP contribution < -0.4 is 0 Å². The highest BCUT2D eigenvalue weighted by Gasteiger charge is 2.20. The first kappa shape index (κ1) is 14.8. The maximum atomic E-state index is 12.2. The van der Waals surface area contributed by atoms with Gasteiger partial charge in [-0.05, 0) is 39.2 Å². The zero-order valence-corrected chi connectivity index (χ0v) is 14.2. The Balaban J connectivity index is 1.84. The summed E-state index contributed by atoms with van der Waals surface area (Å²) in [5.41, 5.74) is 1.24. The predicted molar refractivity (Wildman–Crippen MR) is 88.2 cm³/mol. The van der Waals surface area contributed by atoms with Crippen LogP contribution in [0.15, 0.2) is 5.03 Å². The molecule has 0 radical (unpaired) electrons. The molecule has 0 spiro atoms. The van der Waals surface area contributed by atoms with Crippen LogP contribution >= 0.6 is 23.1 Å². The summed E-state index contributed by atoms with van der Waals surface area (Å²) in [6, 6.07) is 0. The molecule has 1 aliphatic heterocycles. The average molecular weight is 321 g/mol. The van der Waals surface area contributed by atoms with Crippen molar-refractivity contribution < 1.29 is 4.79 Å². The van der Waals surface area contributed by atoms with Gasteiger partial charge in [0.25, 0.3) is 0 Å². The highest BCUT2D eigenvalue weighted by Crippen LogP contribution is 2.35. The van der Waals surface area contributed by atoms with E-state index in [-0.39, 0.29) is 5.91 Å². The van der Waals surface area contributed by atoms with Crippen molar-refractivity contribution in [3.63, 3.8) is 0 Å². The average Bonchev–Trinajstić information content (AvgIpc) is 3.05. The molecule has 6 heteroatoms. The number of carbonyl (C=O) groups is 1. The monoisotopic (exact) mass is 321 g/mol. The Labute approximate surface area is 133 Å². The summed E-state index contributed by atoms with van der Waals surface area (Å²) in [7, 11) is 0. The second-order valence-corrected chi connectivity index (χ2v) is 7.58. The molecule has 0 atom stereocenters. The molecule has 0 saturated carbocycles. The third kappa shape index (κ3) is 2.92. The fraction of sp³-hybridized carbons (Fsp3) is 0.533. The Morgan fingerprint density at radius 1 is 1.24 bits per heavy atom. The van der Waals surface area contributed by atoms with Gasteiger partial charge in [-0.25, -0.2) is 9.97 Å². The number of aromatic nitrogens is 2. The van der Waals surface area contributed by atoms with Crippen LogP contribution in [0.3, 0.4) is 0 Å². The van der Waals surface area contributed by atoms with Gasteiger partial charge in [-0.3, -0.25) is 4.79 Å². The van der Waals surface area contributed by atoms with Crippen LogP contribution in [0.1, 0.15) is 29.1 Å². The van der Waals surface area contributed by atoms with Gasteiger partial charge in [0.05, 0.1) is 5.75 Å². The molecule has 0 N–H and O–H groups in total. The molecule has 2 aromatic heterocycles. The quantitative estimate of drug-likeness (QED) is 0.642. The highest BCUT2D eigenvalue weighted by atomic mass is 32.2. The molecular formula is C15H19N3OS2. The fourth-order valence-corrected chi connectivity index (χ4v) is 4.78. The van der Waals surface area contributed by atoms with E-state index in [9.17, 15) is 4.79 Å². The number of thioether (sulfide) groups is 1. The van der Waals surface area contributed by atoms with Crippen molar-refractivity contribution in [3.05, 3.63) is 16.3 Å². The van der Waals surface area contributed by atoms with Gasteiger partial charge in [-0.2, -0.15) is 0 Å². The van der Waals surface area contributed by atoms with Crippen molar-refractivity contribution in [1.29, 1.82) is 0 Å². The SMILES string of the molecule is Cc1nc(SCC(=O)N2CCCC2)c2c(C)c(C)sc2n1. The summed E-state index contributed by atoms with van der Waals surface area (Å²) in [5.74, 6) is 1.48. The zero-order valence-electron chi connectivity index (χ0n) is 12.6. The normalized spacial score (nSPS) is 15.1. The van der Waals surface area contributed by atoms with E-state index in [2.05, 4.69) is 23.8 Å². The lowest BCUT2D eigenvalue weighted by atomic mass is 10.2. The number of rotatable bonds is 3. The van der Waals surface area contributed by atoms with Crippen molar-refractivity contribution >= 4 is 39.2 Å². The molecule has 3 rings (SSSR count). The number of nitrogens with zero attached hydrogens (tertiary/aromatic N) is 3. The molecule has 0 aliphatic carbocycles. The first-order chi connectivity index (χ1) is 10.1. The van der Waals surface area contributed by atoms with Crippen LogP contribution in [0.5, 0.6) is 0 Å². The van der Waals surface area contributed by atoms with Gasteiger partial charge < -0.3 is 4.90 Å². The van der Waals surface area contributed by atoms with E-state index in [1.165, 1.54) is 10.4 Å². The summed E-state index contributed by atoms with van der Waals surface area (Å²) < 4.78 is 0. The molecule has 4 nitrogen and oxygen atoms in total. The molecule has 3 heterocycles. The standard InChI is InChI=1S/C15H19N3OS2/c1-9-10(2)21-15-13(9)14(16-11(3)17-15)20-8-12(19)18-6-4-5-7-18/h4-8H2,1-3H3. The molecule has 1 fully saturated rings. The summed E-state index contributed by atoms with van der Waals surface area (Å²) >= 11 is 3.26. The van der Waals surface area contributed by atoms with Crippen molar-refractivity contribution in [2.75, 3.05) is 18.8 Å². The fourth-order valence-electron chi connectivity index (χ4n) is 2.61. The number of carbonyl (C=O) groups excluding carboxylic acids is 1. The van der Waals surface area contributed by atoms with Gasteiger partial charge in [0, 0.05) is 23.4 Å². The summed E-state index contributed by atoms with van der Waals surface area (Å²) in [6.07, 6.45) is 2.27. The lowest BCUT2D eigenvalue weighted by Crippen LogP contribution is -2.29. The minimum atomic E-state index is 0.228. The van der Waals surface area contributed by atoms with Crippen LogP contribution in [0.2, 0.25) is 0 Å². The van der Waals surface area contributed by atoms with Gasteiger partial charge in [-0.15, -0.1) is 11.3 Å². The smallest absolute Gasteiger partial charge is 0.232 e. The number of hydrogen-bond acceptors (Lipinski definition) is 5. The van der Waals surface area contributed by atoms with Gasteiger partial charge in [0.2, 0.25) is 5.91 Å². The van der Waals surface area contributed by atoms with Gasteiger partial charge in [0.15, 0.2) is 0 Å². The first-order valence-electron chi connectivity index (χ1n) is 7.21. The van der Waals surface area contributed by atoms with Gasteiger partial charge >= 0.3 is 0 Å². The van der Waals surface area contributed by atoms with Crippen LogP contribution in [0.25, 0.3) is 10.2 Å². The van der Waals surface area contributed by atoms with Crippen molar-refractivity contribution in [2.45, 2.75) is 38.6 Å². The Hall–Kier alpha value is -1.14. The molecule has 1 saturated heterocycles. The maximum absolute atomic E-state index is 12.2. The number of thiophene rings is 1. The van der Waals surface area contributed by atoms with E-state index >= 15 is 0 Å². The molecule has 0 unspecified atom stereocenters. The lowest BCUT2D eigenvalue weighted by molar-refractivity contribution is -0.127. The predicted octanol–water partition coefficient (Wildman–Crippen LogP) is 3.33. The van der Waals surface area contributed by atoms with Crippen LogP contribution in [0, 0.1) is 20.8 Å². The molecule has 21 heavy (non-hydrogen) atoms. The molecule has 0 bridgehead atoms. The topological polar surface area (TPSA) is 46.1 Å². The molecule has 1 amide bonds. The number of likely N-dealkylation sites (tertiary alicyclic amines) is 1. The largest absolute Gasteiger partial charge is 0.342 e. The molecular weight excluding hydrogens is 302 g/mol. The summed E-state index contributed by atoms with van der Waals surface area (Å²) in [5, 5.41) is 2.08. The summed E-state index contributed by atoms with van der Waals surface area (Å²) in [6.45, 7) is 7.96. The Kier molecular flexibility index (Phi) is 4.17. The number of fused-ring (bicyclic) bond motifs is 1. The van der Waals surface area contributed by atoms with Crippen LogP contribution in [-0.4, -0.2) is 39.6 Å². The highest BCUT2D eigenvalue weighted by molar-refractivity contribution is 8.00. The molecule has 2 aromatic rings. The number of aryl methyl sites for hydroxylation is 3. The van der Waals surface area contributed by atoms with Crippen molar-refractivity contribution in [2.24, 2.45) is 0 Å². The Bertz CT molecular complexity index is 690. The van der Waals surface area contributed by atoms with E-state index in [1.54, 1.807) is 23.1 Å². The molecule has 112 valence electrons. The third-order valence-corrected chi connectivity index (χ3v) is 5.96. The van der Waals surface area contributed by atoms with E-state index in [0.29, 0.717) is 5.75 Å². The van der Waals surface area contributed by atoms with E-state index < -0.39 is 0 Å². The maximum Gasteiger partial charge on any atom is 0.232 e. The Morgan fingerprint density at radius 3 is 2.67 bits per heavy atom. The Morgan fingerprint density at radius 2 is 1.95 bits per heavy atom. The van der Waals surface area contributed by atoms with E-state index in [0.717, 1.165) is 47.0 Å². The van der Waals surface area contributed by atoms with Gasteiger partial charge in [-0.1, -0.05) is 11.8 Å². The third-order valence-electron chi connectivity index (χ3n) is 3.90. The zero-order chi connectivity index (χ0) is 15.0. The van der Waals surface area contributed by atoms with Crippen molar-refractivity contribution in [1.82, 2.24) is 14.9 Å². The van der Waals surface area contributed by atoms with Crippen LogP contribution in [-0.2, 0) is 4.79 Å². The number of hydrogen-bond donors (Lipinski definition) is 0. The van der Waals surface area contributed by atoms with Crippen molar-refractivity contribution in [3.8, 4) is 0 Å². The minimum absolute atomic E-state index is 0.228. The second-order valence-electron chi connectivity index (χ2n) is 5.42. The van der Waals surface area contributed by atoms with E-state index in [4.69, 9.17) is 0 Å². The lowest BCUT2D eigenvalue weighted by Gasteiger charge is -2.14. The molecule has 0 aromatic carbocycles. The van der Waals surface area contributed by atoms with E-state index in [1.807, 2.05) is 11.8 Å². The van der Waals surface area contributed by atoms with Gasteiger partial charge in [0.1, 0.15) is 15.7 Å².